The molecule has 2 aromatic carbocycles. The van der Waals surface area contributed by atoms with E-state index in [1.54, 1.807) is 50.4 Å². The molecule has 1 atom stereocenters. The molecule has 2 amide bonds. The normalized spacial score (nSPS) is 11.9. The third-order valence-corrected chi connectivity index (χ3v) is 5.46. The van der Waals surface area contributed by atoms with Gasteiger partial charge in [0.05, 0.1) is 24.9 Å². The first-order chi connectivity index (χ1) is 17.0. The number of carbonyl (C=O) groups is 2. The van der Waals surface area contributed by atoms with Crippen LogP contribution in [0.25, 0.3) is 11.0 Å². The molecule has 0 unspecified atom stereocenters. The summed E-state index contributed by atoms with van der Waals surface area (Å²) in [7, 11) is 3.06. The summed E-state index contributed by atoms with van der Waals surface area (Å²) in [6, 6.07) is 16.7. The number of carbonyl (C=O) groups excluding carboxylic acids is 2. The number of hydrogen-bond donors (Lipinski definition) is 1. The van der Waals surface area contributed by atoms with E-state index in [1.807, 2.05) is 24.3 Å². The summed E-state index contributed by atoms with van der Waals surface area (Å²) in [5, 5.41) is 11.1. The second kappa shape index (κ2) is 10.8. The molecule has 0 aliphatic rings. The van der Waals surface area contributed by atoms with Gasteiger partial charge in [-0.2, -0.15) is 0 Å². The lowest BCUT2D eigenvalue weighted by Crippen LogP contribution is -2.46. The first-order valence-electron chi connectivity index (χ1n) is 11.1. The molecule has 2 heterocycles. The van der Waals surface area contributed by atoms with Gasteiger partial charge in [0.15, 0.2) is 6.04 Å². The van der Waals surface area contributed by atoms with Crippen LogP contribution >= 0.6 is 0 Å². The zero-order valence-corrected chi connectivity index (χ0v) is 19.8. The van der Waals surface area contributed by atoms with Gasteiger partial charge in [0.1, 0.15) is 29.3 Å². The average molecular weight is 478 g/mol. The summed E-state index contributed by atoms with van der Waals surface area (Å²) >= 11 is 0. The molecule has 0 saturated heterocycles. The maximum Gasteiger partial charge on any atom is 0.251 e. The molecule has 10 heteroatoms. The minimum Gasteiger partial charge on any atom is -0.495 e. The Morgan fingerprint density at radius 2 is 1.86 bits per heavy atom. The highest BCUT2D eigenvalue weighted by Gasteiger charge is 2.36. The summed E-state index contributed by atoms with van der Waals surface area (Å²) < 4.78 is 18.0. The number of ether oxygens (including phenoxy) is 2. The molecule has 0 fully saturated rings. The van der Waals surface area contributed by atoms with E-state index in [2.05, 4.69) is 15.6 Å². The minimum absolute atomic E-state index is 0.153. The molecule has 1 N–H and O–H groups in total. The van der Waals surface area contributed by atoms with Crippen molar-refractivity contribution < 1.29 is 23.5 Å². The zero-order valence-electron chi connectivity index (χ0n) is 19.8. The van der Waals surface area contributed by atoms with E-state index >= 15 is 0 Å². The van der Waals surface area contributed by atoms with Crippen LogP contribution in [0.3, 0.4) is 0 Å². The molecule has 35 heavy (non-hydrogen) atoms. The number of para-hydroxylation sites is 3. The predicted molar refractivity (Wildman–Crippen MR) is 129 cm³/mol. The third-order valence-electron chi connectivity index (χ3n) is 5.46. The number of aromatic nitrogens is 3. The van der Waals surface area contributed by atoms with Crippen LogP contribution in [0.4, 0.5) is 5.69 Å². The average Bonchev–Trinajstić information content (AvgIpc) is 3.48. The number of furan rings is 1. The molecule has 182 valence electrons. The van der Waals surface area contributed by atoms with Crippen molar-refractivity contribution in [2.45, 2.75) is 19.5 Å². The van der Waals surface area contributed by atoms with Gasteiger partial charge in [-0.15, -0.1) is 5.10 Å². The Morgan fingerprint density at radius 3 is 2.60 bits per heavy atom. The Balaban J connectivity index is 1.79. The van der Waals surface area contributed by atoms with Crippen molar-refractivity contribution >= 4 is 28.5 Å². The van der Waals surface area contributed by atoms with E-state index in [1.165, 1.54) is 16.7 Å². The lowest BCUT2D eigenvalue weighted by molar-refractivity contribution is -0.127. The van der Waals surface area contributed by atoms with Gasteiger partial charge in [0.25, 0.3) is 5.91 Å². The van der Waals surface area contributed by atoms with Crippen molar-refractivity contribution in [1.29, 1.82) is 0 Å². The maximum absolute atomic E-state index is 13.9. The van der Waals surface area contributed by atoms with Gasteiger partial charge in [0, 0.05) is 13.7 Å². The van der Waals surface area contributed by atoms with Crippen LogP contribution in [0.5, 0.6) is 5.75 Å². The number of fused-ring (bicyclic) bond motifs is 1. The highest BCUT2D eigenvalue weighted by molar-refractivity contribution is 6.02. The largest absolute Gasteiger partial charge is 0.495 e. The number of benzene rings is 2. The van der Waals surface area contributed by atoms with Crippen LogP contribution in [0.1, 0.15) is 17.6 Å². The Labute approximate surface area is 202 Å². The van der Waals surface area contributed by atoms with E-state index < -0.39 is 17.9 Å². The second-order valence-corrected chi connectivity index (χ2v) is 7.81. The predicted octanol–water partition coefficient (Wildman–Crippen LogP) is 2.88. The molecule has 4 aromatic rings. The van der Waals surface area contributed by atoms with E-state index in [0.717, 1.165) is 0 Å². The second-order valence-electron chi connectivity index (χ2n) is 7.81. The van der Waals surface area contributed by atoms with E-state index in [-0.39, 0.29) is 13.1 Å². The molecular weight excluding hydrogens is 450 g/mol. The fourth-order valence-electron chi connectivity index (χ4n) is 3.83. The standard InChI is InChI=1S/C25H27N5O5/c1-17-12-13-22(35-17)24(25(32)26-14-15-33-2)30(20-10-6-7-11-21(20)34-3)23(31)16-29-19-9-5-4-8-18(19)27-28-29/h4-13,24H,14-16H2,1-3H3,(H,26,32)/t24-/m1/s1. The Morgan fingerprint density at radius 1 is 1.09 bits per heavy atom. The summed E-state index contributed by atoms with van der Waals surface area (Å²) in [4.78, 5) is 28.8. The molecule has 0 bridgehead atoms. The summed E-state index contributed by atoms with van der Waals surface area (Å²) in [6.45, 7) is 2.22. The Kier molecular flexibility index (Phi) is 7.41. The number of nitrogens with zero attached hydrogens (tertiary/aromatic N) is 4. The molecular formula is C25H27N5O5. The number of amides is 2. The zero-order chi connectivity index (χ0) is 24.8. The monoisotopic (exact) mass is 477 g/mol. The Bertz CT molecular complexity index is 1310. The number of hydrogen-bond acceptors (Lipinski definition) is 7. The van der Waals surface area contributed by atoms with Crippen molar-refractivity contribution in [1.82, 2.24) is 20.3 Å². The Hall–Kier alpha value is -4.18. The molecule has 2 aromatic heterocycles. The van der Waals surface area contributed by atoms with Gasteiger partial charge in [-0.25, -0.2) is 4.68 Å². The van der Waals surface area contributed by atoms with Crippen molar-refractivity contribution in [3.05, 3.63) is 72.2 Å². The smallest absolute Gasteiger partial charge is 0.251 e. The molecule has 10 nitrogen and oxygen atoms in total. The summed E-state index contributed by atoms with van der Waals surface area (Å²) in [5.74, 6) is 0.553. The molecule has 0 spiro atoms. The molecule has 0 aliphatic heterocycles. The van der Waals surface area contributed by atoms with E-state index in [4.69, 9.17) is 13.9 Å². The quantitative estimate of drug-likeness (QED) is 0.350. The van der Waals surface area contributed by atoms with Gasteiger partial charge in [-0.1, -0.05) is 29.5 Å². The van der Waals surface area contributed by atoms with E-state index in [0.29, 0.717) is 40.6 Å². The van der Waals surface area contributed by atoms with Crippen LogP contribution < -0.4 is 15.0 Å². The van der Waals surface area contributed by atoms with Gasteiger partial charge >= 0.3 is 0 Å². The van der Waals surface area contributed by atoms with E-state index in [9.17, 15) is 9.59 Å². The lowest BCUT2D eigenvalue weighted by Gasteiger charge is -2.31. The number of anilines is 1. The first-order valence-corrected chi connectivity index (χ1v) is 11.1. The number of aryl methyl sites for hydroxylation is 1. The van der Waals surface area contributed by atoms with Crippen LogP contribution in [0.2, 0.25) is 0 Å². The SMILES string of the molecule is COCCNC(=O)[C@@H](c1ccc(C)o1)N(C(=O)Cn1nnc2ccccc21)c1ccccc1OC. The molecule has 0 radical (unpaired) electrons. The fourth-order valence-corrected chi connectivity index (χ4v) is 3.83. The lowest BCUT2D eigenvalue weighted by atomic mass is 10.1. The van der Waals surface area contributed by atoms with Gasteiger partial charge in [-0.05, 0) is 43.3 Å². The highest BCUT2D eigenvalue weighted by Crippen LogP contribution is 2.35. The number of methoxy groups -OCH3 is 2. The van der Waals surface area contributed by atoms with Crippen molar-refractivity contribution in [3.63, 3.8) is 0 Å². The van der Waals surface area contributed by atoms with Crippen molar-refractivity contribution in [2.24, 2.45) is 0 Å². The van der Waals surface area contributed by atoms with Crippen LogP contribution in [-0.4, -0.2) is 54.2 Å². The van der Waals surface area contributed by atoms with Gasteiger partial charge < -0.3 is 19.2 Å². The first kappa shape index (κ1) is 24.0. The minimum atomic E-state index is -1.10. The topological polar surface area (TPSA) is 112 Å². The van der Waals surface area contributed by atoms with Crippen LogP contribution in [-0.2, 0) is 20.9 Å². The van der Waals surface area contributed by atoms with Crippen molar-refractivity contribution in [3.8, 4) is 5.75 Å². The fraction of sp³-hybridized carbons (Fsp3) is 0.280. The molecule has 0 saturated carbocycles. The van der Waals surface area contributed by atoms with Crippen molar-refractivity contribution in [2.75, 3.05) is 32.3 Å². The van der Waals surface area contributed by atoms with Crippen LogP contribution in [0, 0.1) is 6.92 Å². The highest BCUT2D eigenvalue weighted by atomic mass is 16.5. The summed E-state index contributed by atoms with van der Waals surface area (Å²) in [5.41, 5.74) is 1.79. The molecule has 4 rings (SSSR count). The molecule has 0 aliphatic carbocycles. The maximum atomic E-state index is 13.9. The summed E-state index contributed by atoms with van der Waals surface area (Å²) in [6.07, 6.45) is 0. The number of rotatable bonds is 10. The van der Waals surface area contributed by atoms with Gasteiger partial charge in [-0.3, -0.25) is 14.5 Å². The number of nitrogens with one attached hydrogen (secondary N) is 1. The van der Waals surface area contributed by atoms with Gasteiger partial charge in [0.2, 0.25) is 5.91 Å². The van der Waals surface area contributed by atoms with Crippen LogP contribution in [0.15, 0.2) is 65.1 Å². The third kappa shape index (κ3) is 5.17.